The highest BCUT2D eigenvalue weighted by Gasteiger charge is 2.16. The van der Waals surface area contributed by atoms with Crippen LogP contribution in [0.2, 0.25) is 5.02 Å². The van der Waals surface area contributed by atoms with Crippen molar-refractivity contribution in [2.24, 2.45) is 0 Å². The van der Waals surface area contributed by atoms with Gasteiger partial charge < -0.3 is 5.32 Å². The van der Waals surface area contributed by atoms with Crippen LogP contribution in [0.5, 0.6) is 0 Å². The molecule has 2 rings (SSSR count). The molecule has 100 valence electrons. The van der Waals surface area contributed by atoms with E-state index >= 15 is 0 Å². The molecule has 0 aromatic heterocycles. The van der Waals surface area contributed by atoms with Gasteiger partial charge in [-0.1, -0.05) is 54.9 Å². The monoisotopic (exact) mass is 337 g/mol. The Kier molecular flexibility index (Phi) is 5.03. The van der Waals surface area contributed by atoms with Crippen molar-refractivity contribution in [2.75, 3.05) is 7.05 Å². The Morgan fingerprint density at radius 1 is 1.16 bits per heavy atom. The zero-order valence-corrected chi connectivity index (χ0v) is 13.4. The lowest BCUT2D eigenvalue weighted by Gasteiger charge is -2.19. The Hall–Kier alpha value is -0.830. The maximum atomic E-state index is 6.39. The van der Waals surface area contributed by atoms with Gasteiger partial charge in [0.05, 0.1) is 11.1 Å². The molecule has 2 aromatic carbocycles. The summed E-state index contributed by atoms with van der Waals surface area (Å²) in [4.78, 5) is 0. The molecule has 0 heterocycles. The summed E-state index contributed by atoms with van der Waals surface area (Å²) in [6.45, 7) is 2.16. The molecule has 0 saturated carbocycles. The molecule has 0 aliphatic heterocycles. The second-order valence-electron chi connectivity index (χ2n) is 4.46. The quantitative estimate of drug-likeness (QED) is 0.829. The second kappa shape index (κ2) is 6.56. The zero-order chi connectivity index (χ0) is 13.8. The molecule has 0 bridgehead atoms. The van der Waals surface area contributed by atoms with Crippen LogP contribution in [0.1, 0.15) is 29.7 Å². The first-order valence-corrected chi connectivity index (χ1v) is 7.54. The molecule has 1 atom stereocenters. The van der Waals surface area contributed by atoms with E-state index in [1.807, 2.05) is 19.2 Å². The van der Waals surface area contributed by atoms with Crippen LogP contribution >= 0.6 is 27.5 Å². The van der Waals surface area contributed by atoms with Crippen LogP contribution in [-0.2, 0) is 6.42 Å². The van der Waals surface area contributed by atoms with E-state index in [2.05, 4.69) is 58.5 Å². The van der Waals surface area contributed by atoms with E-state index in [1.165, 1.54) is 11.1 Å². The topological polar surface area (TPSA) is 12.0 Å². The summed E-state index contributed by atoms with van der Waals surface area (Å²) < 4.78 is 0.928. The summed E-state index contributed by atoms with van der Waals surface area (Å²) in [6.07, 6.45) is 1.06. The average Bonchev–Trinajstić information content (AvgIpc) is 2.45. The lowest BCUT2D eigenvalue weighted by atomic mass is 9.97. The smallest absolute Gasteiger partial charge is 0.0599 e. The number of rotatable bonds is 4. The SMILES string of the molecule is CCc1ccc(C(NC)c2cccc(Br)c2Cl)cc1. The summed E-state index contributed by atoms with van der Waals surface area (Å²) in [6, 6.07) is 14.8. The van der Waals surface area contributed by atoms with E-state index in [-0.39, 0.29) is 6.04 Å². The first kappa shape index (κ1) is 14.6. The van der Waals surface area contributed by atoms with E-state index in [9.17, 15) is 0 Å². The fourth-order valence-electron chi connectivity index (χ4n) is 2.19. The van der Waals surface area contributed by atoms with E-state index in [1.54, 1.807) is 0 Å². The highest BCUT2D eigenvalue weighted by Crippen LogP contribution is 2.33. The van der Waals surface area contributed by atoms with Gasteiger partial charge in [-0.2, -0.15) is 0 Å². The van der Waals surface area contributed by atoms with Gasteiger partial charge in [-0.15, -0.1) is 0 Å². The minimum Gasteiger partial charge on any atom is -0.309 e. The highest BCUT2D eigenvalue weighted by molar-refractivity contribution is 9.10. The Labute approximate surface area is 128 Å². The van der Waals surface area contributed by atoms with Gasteiger partial charge in [0.2, 0.25) is 0 Å². The number of aryl methyl sites for hydroxylation is 1. The predicted octanol–water partition coefficient (Wildman–Crippen LogP) is 4.97. The van der Waals surface area contributed by atoms with Crippen LogP contribution in [-0.4, -0.2) is 7.05 Å². The molecule has 0 aliphatic carbocycles. The van der Waals surface area contributed by atoms with Crippen molar-refractivity contribution >= 4 is 27.5 Å². The van der Waals surface area contributed by atoms with Crippen molar-refractivity contribution in [3.63, 3.8) is 0 Å². The Bertz CT molecular complexity index is 551. The lowest BCUT2D eigenvalue weighted by Crippen LogP contribution is -2.18. The third kappa shape index (κ3) is 3.19. The summed E-state index contributed by atoms with van der Waals surface area (Å²) >= 11 is 9.87. The van der Waals surface area contributed by atoms with Gasteiger partial charge >= 0.3 is 0 Å². The van der Waals surface area contributed by atoms with Crippen LogP contribution in [0, 0.1) is 0 Å². The number of benzene rings is 2. The summed E-state index contributed by atoms with van der Waals surface area (Å²) in [5.74, 6) is 0. The minimum atomic E-state index is 0.107. The number of halogens is 2. The van der Waals surface area contributed by atoms with Crippen molar-refractivity contribution in [1.29, 1.82) is 0 Å². The summed E-state index contributed by atoms with van der Waals surface area (Å²) in [7, 11) is 1.95. The van der Waals surface area contributed by atoms with Gasteiger partial charge in [0.1, 0.15) is 0 Å². The molecule has 0 spiro atoms. The molecule has 1 nitrogen and oxygen atoms in total. The van der Waals surface area contributed by atoms with Gasteiger partial charge in [-0.25, -0.2) is 0 Å². The second-order valence-corrected chi connectivity index (χ2v) is 5.69. The van der Waals surface area contributed by atoms with E-state index in [0.717, 1.165) is 21.5 Å². The zero-order valence-electron chi connectivity index (χ0n) is 11.1. The third-order valence-corrected chi connectivity index (χ3v) is 4.61. The minimum absolute atomic E-state index is 0.107. The van der Waals surface area contributed by atoms with E-state index in [4.69, 9.17) is 11.6 Å². The Balaban J connectivity index is 2.40. The number of nitrogens with one attached hydrogen (secondary N) is 1. The van der Waals surface area contributed by atoms with Gasteiger partial charge in [0.15, 0.2) is 0 Å². The fraction of sp³-hybridized carbons (Fsp3) is 0.250. The van der Waals surface area contributed by atoms with Gasteiger partial charge in [-0.3, -0.25) is 0 Å². The molecule has 0 fully saturated rings. The molecule has 0 radical (unpaired) electrons. The maximum absolute atomic E-state index is 6.39. The molecule has 1 N–H and O–H groups in total. The predicted molar refractivity (Wildman–Crippen MR) is 85.9 cm³/mol. The molecule has 0 saturated heterocycles. The first-order chi connectivity index (χ1) is 9.17. The van der Waals surface area contributed by atoms with Gasteiger partial charge in [0, 0.05) is 4.47 Å². The molecular weight excluding hydrogens is 322 g/mol. The fourth-order valence-corrected chi connectivity index (χ4v) is 2.81. The average molecular weight is 339 g/mol. The molecule has 2 aromatic rings. The molecule has 1 unspecified atom stereocenters. The van der Waals surface area contributed by atoms with Crippen LogP contribution < -0.4 is 5.32 Å². The largest absolute Gasteiger partial charge is 0.309 e. The van der Waals surface area contributed by atoms with Crippen molar-refractivity contribution in [3.8, 4) is 0 Å². The van der Waals surface area contributed by atoms with Crippen molar-refractivity contribution < 1.29 is 0 Å². The standard InChI is InChI=1S/C16H17BrClN/c1-3-11-7-9-12(10-8-11)16(19-2)13-5-4-6-14(17)15(13)18/h4-10,16,19H,3H2,1-2H3. The van der Waals surface area contributed by atoms with Crippen LogP contribution in [0.3, 0.4) is 0 Å². The maximum Gasteiger partial charge on any atom is 0.0599 e. The van der Waals surface area contributed by atoms with Gasteiger partial charge in [0.25, 0.3) is 0 Å². The lowest BCUT2D eigenvalue weighted by molar-refractivity contribution is 0.691. The normalized spacial score (nSPS) is 12.4. The van der Waals surface area contributed by atoms with Crippen LogP contribution in [0.25, 0.3) is 0 Å². The van der Waals surface area contributed by atoms with Gasteiger partial charge in [-0.05, 0) is 52.2 Å². The Morgan fingerprint density at radius 3 is 2.42 bits per heavy atom. The highest BCUT2D eigenvalue weighted by atomic mass is 79.9. The van der Waals surface area contributed by atoms with Crippen LogP contribution in [0.4, 0.5) is 0 Å². The summed E-state index contributed by atoms with van der Waals surface area (Å²) in [5.41, 5.74) is 3.65. The molecular formula is C16H17BrClN. The van der Waals surface area contributed by atoms with Crippen molar-refractivity contribution in [1.82, 2.24) is 5.32 Å². The van der Waals surface area contributed by atoms with E-state index < -0.39 is 0 Å². The molecule has 0 amide bonds. The number of hydrogen-bond donors (Lipinski definition) is 1. The van der Waals surface area contributed by atoms with Crippen molar-refractivity contribution in [3.05, 3.63) is 68.7 Å². The number of hydrogen-bond acceptors (Lipinski definition) is 1. The summed E-state index contributed by atoms with van der Waals surface area (Å²) in [5, 5.41) is 4.10. The molecule has 3 heteroatoms. The Morgan fingerprint density at radius 2 is 1.84 bits per heavy atom. The van der Waals surface area contributed by atoms with Crippen LogP contribution in [0.15, 0.2) is 46.9 Å². The van der Waals surface area contributed by atoms with Crippen molar-refractivity contribution in [2.45, 2.75) is 19.4 Å². The van der Waals surface area contributed by atoms with E-state index in [0.29, 0.717) is 0 Å². The first-order valence-electron chi connectivity index (χ1n) is 6.37. The molecule has 19 heavy (non-hydrogen) atoms. The third-order valence-electron chi connectivity index (χ3n) is 3.30. The molecule has 0 aliphatic rings.